The second-order valence-electron chi connectivity index (χ2n) is 8.32. The van der Waals surface area contributed by atoms with E-state index in [1.54, 1.807) is 0 Å². The van der Waals surface area contributed by atoms with Crippen LogP contribution in [-0.2, 0) is 16.2 Å². The SMILES string of the molecule is CC(C)(C)c1cc(C(C)(C)C)[o+]c(C(C)(C)C)c1. The van der Waals surface area contributed by atoms with Crippen LogP contribution in [0.1, 0.15) is 79.4 Å². The first kappa shape index (κ1) is 15.2. The minimum Gasteiger partial charge on any atom is -0.217 e. The number of rotatable bonds is 0. The first-order valence-electron chi connectivity index (χ1n) is 6.81. The molecule has 0 aliphatic heterocycles. The van der Waals surface area contributed by atoms with Gasteiger partial charge in [-0.1, -0.05) is 20.8 Å². The van der Waals surface area contributed by atoms with E-state index >= 15 is 0 Å². The van der Waals surface area contributed by atoms with E-state index in [1.807, 2.05) is 0 Å². The summed E-state index contributed by atoms with van der Waals surface area (Å²) >= 11 is 0. The Balaban J connectivity index is 3.49. The Morgan fingerprint density at radius 1 is 0.611 bits per heavy atom. The third kappa shape index (κ3) is 3.57. The molecule has 1 rings (SSSR count). The van der Waals surface area contributed by atoms with Gasteiger partial charge in [0.05, 0.1) is 10.8 Å². The van der Waals surface area contributed by atoms with Gasteiger partial charge in [0, 0.05) is 12.1 Å². The smallest absolute Gasteiger partial charge is 0.217 e. The van der Waals surface area contributed by atoms with E-state index in [4.69, 9.17) is 4.42 Å². The molecule has 1 nitrogen and oxygen atoms in total. The van der Waals surface area contributed by atoms with Crippen LogP contribution < -0.4 is 0 Å². The van der Waals surface area contributed by atoms with Crippen molar-refractivity contribution in [2.24, 2.45) is 0 Å². The summed E-state index contributed by atoms with van der Waals surface area (Å²) in [5, 5.41) is 0. The van der Waals surface area contributed by atoms with Crippen LogP contribution in [0.15, 0.2) is 16.5 Å². The van der Waals surface area contributed by atoms with Gasteiger partial charge < -0.3 is 0 Å². The van der Waals surface area contributed by atoms with Crippen molar-refractivity contribution in [2.75, 3.05) is 0 Å². The largest absolute Gasteiger partial charge is 0.334 e. The zero-order chi connectivity index (χ0) is 14.4. The molecule has 1 heterocycles. The molecule has 1 aromatic heterocycles. The van der Waals surface area contributed by atoms with Crippen LogP contribution in [0.4, 0.5) is 0 Å². The van der Waals surface area contributed by atoms with Gasteiger partial charge in [0.25, 0.3) is 0 Å². The van der Waals surface area contributed by atoms with Crippen LogP contribution >= 0.6 is 0 Å². The van der Waals surface area contributed by atoms with Crippen molar-refractivity contribution in [3.05, 3.63) is 29.2 Å². The molecule has 0 unspecified atom stereocenters. The molecule has 0 amide bonds. The highest BCUT2D eigenvalue weighted by molar-refractivity contribution is 5.29. The maximum Gasteiger partial charge on any atom is 0.334 e. The molecule has 0 aromatic carbocycles. The van der Waals surface area contributed by atoms with E-state index in [-0.39, 0.29) is 16.2 Å². The summed E-state index contributed by atoms with van der Waals surface area (Å²) in [5.41, 5.74) is 1.59. The van der Waals surface area contributed by atoms with Crippen molar-refractivity contribution in [1.29, 1.82) is 0 Å². The Morgan fingerprint density at radius 2 is 0.944 bits per heavy atom. The summed E-state index contributed by atoms with van der Waals surface area (Å²) in [5.74, 6) is 2.14. The van der Waals surface area contributed by atoms with Crippen LogP contribution in [0.3, 0.4) is 0 Å². The lowest BCUT2D eigenvalue weighted by Crippen LogP contribution is -2.20. The molecule has 0 saturated heterocycles. The quantitative estimate of drug-likeness (QED) is 0.556. The first-order valence-corrected chi connectivity index (χ1v) is 6.81. The average molecular weight is 249 g/mol. The lowest BCUT2D eigenvalue weighted by atomic mass is 9.82. The predicted molar refractivity (Wildman–Crippen MR) is 79.2 cm³/mol. The Hall–Kier alpha value is -0.850. The highest BCUT2D eigenvalue weighted by atomic mass is 16.3. The lowest BCUT2D eigenvalue weighted by molar-refractivity contribution is 0.325. The van der Waals surface area contributed by atoms with E-state index in [9.17, 15) is 0 Å². The van der Waals surface area contributed by atoms with Crippen molar-refractivity contribution in [3.8, 4) is 0 Å². The Bertz CT molecular complexity index is 343. The van der Waals surface area contributed by atoms with Crippen LogP contribution in [0.25, 0.3) is 0 Å². The molecule has 0 atom stereocenters. The molecule has 0 spiro atoms. The van der Waals surface area contributed by atoms with Crippen LogP contribution in [0.2, 0.25) is 0 Å². The molecule has 0 bridgehead atoms. The fourth-order valence-corrected chi connectivity index (χ4v) is 1.67. The number of hydrogen-bond donors (Lipinski definition) is 0. The number of hydrogen-bond acceptors (Lipinski definition) is 0. The average Bonchev–Trinajstić information content (AvgIpc) is 2.13. The molecule has 1 aromatic rings. The third-order valence-corrected chi connectivity index (χ3v) is 3.14. The fourth-order valence-electron chi connectivity index (χ4n) is 1.67. The van der Waals surface area contributed by atoms with Gasteiger partial charge >= 0.3 is 11.5 Å². The van der Waals surface area contributed by atoms with Crippen LogP contribution in [0.5, 0.6) is 0 Å². The van der Waals surface area contributed by atoms with Gasteiger partial charge in [0.15, 0.2) is 0 Å². The van der Waals surface area contributed by atoms with E-state index in [0.717, 1.165) is 11.5 Å². The van der Waals surface area contributed by atoms with Gasteiger partial charge in [-0.05, 0) is 52.5 Å². The van der Waals surface area contributed by atoms with Crippen molar-refractivity contribution < 1.29 is 4.42 Å². The Morgan fingerprint density at radius 3 is 1.17 bits per heavy atom. The van der Waals surface area contributed by atoms with E-state index in [2.05, 4.69) is 74.4 Å². The second-order valence-corrected chi connectivity index (χ2v) is 8.32. The van der Waals surface area contributed by atoms with Gasteiger partial charge in [0.1, 0.15) is 0 Å². The third-order valence-electron chi connectivity index (χ3n) is 3.14. The molecule has 1 heteroatoms. The minimum absolute atomic E-state index is 0.0429. The zero-order valence-electron chi connectivity index (χ0n) is 13.6. The molecule has 0 N–H and O–H groups in total. The van der Waals surface area contributed by atoms with Crippen molar-refractivity contribution in [2.45, 2.75) is 78.6 Å². The monoisotopic (exact) mass is 249 g/mol. The van der Waals surface area contributed by atoms with Gasteiger partial charge in [-0.25, -0.2) is 4.42 Å². The summed E-state index contributed by atoms with van der Waals surface area (Å²) in [6.07, 6.45) is 0. The topological polar surface area (TPSA) is 11.3 Å². The predicted octanol–water partition coefficient (Wildman–Crippen LogP) is 5.45. The molecule has 18 heavy (non-hydrogen) atoms. The maximum absolute atomic E-state index is 6.14. The van der Waals surface area contributed by atoms with Gasteiger partial charge in [-0.2, -0.15) is 0 Å². The lowest BCUT2D eigenvalue weighted by Gasteiger charge is -2.21. The van der Waals surface area contributed by atoms with Gasteiger partial charge in [-0.15, -0.1) is 0 Å². The summed E-state index contributed by atoms with van der Waals surface area (Å²) in [6.45, 7) is 19.9. The van der Waals surface area contributed by atoms with Crippen molar-refractivity contribution in [1.82, 2.24) is 0 Å². The molecular weight excluding hydrogens is 220 g/mol. The Labute approximate surface area is 113 Å². The van der Waals surface area contributed by atoms with Gasteiger partial charge in [-0.3, -0.25) is 0 Å². The molecule has 0 aliphatic carbocycles. The molecular formula is C17H29O+. The van der Waals surface area contributed by atoms with Crippen LogP contribution in [0, 0.1) is 0 Å². The zero-order valence-corrected chi connectivity index (χ0v) is 13.6. The summed E-state index contributed by atoms with van der Waals surface area (Å²) in [7, 11) is 0. The molecule has 0 aliphatic rings. The van der Waals surface area contributed by atoms with E-state index in [0.29, 0.717) is 0 Å². The van der Waals surface area contributed by atoms with Gasteiger partial charge in [0.2, 0.25) is 0 Å². The summed E-state index contributed by atoms with van der Waals surface area (Å²) < 4.78 is 6.14. The molecule has 102 valence electrons. The summed E-state index contributed by atoms with van der Waals surface area (Å²) in [4.78, 5) is 0. The Kier molecular flexibility index (Phi) is 3.69. The maximum atomic E-state index is 6.14. The van der Waals surface area contributed by atoms with Crippen molar-refractivity contribution >= 4 is 0 Å². The minimum atomic E-state index is 0.0429. The normalized spacial score (nSPS) is 13.8. The highest BCUT2D eigenvalue weighted by Gasteiger charge is 2.35. The van der Waals surface area contributed by atoms with E-state index < -0.39 is 0 Å². The highest BCUT2D eigenvalue weighted by Crippen LogP contribution is 2.34. The first-order chi connectivity index (χ1) is 7.82. The second kappa shape index (κ2) is 4.36. The van der Waals surface area contributed by atoms with Crippen LogP contribution in [-0.4, -0.2) is 0 Å². The van der Waals surface area contributed by atoms with E-state index in [1.165, 1.54) is 5.56 Å². The van der Waals surface area contributed by atoms with Crippen molar-refractivity contribution in [3.63, 3.8) is 0 Å². The summed E-state index contributed by atoms with van der Waals surface area (Å²) in [6, 6.07) is 4.43. The molecule has 0 saturated carbocycles. The molecule has 0 fully saturated rings. The fraction of sp³-hybridized carbons (Fsp3) is 0.706. The molecule has 0 radical (unpaired) electrons. The standard InChI is InChI=1S/C17H29O/c1-15(2,3)12-10-13(16(4,5)6)18-14(11-12)17(7,8)9/h10-11H,1-9H3/q+1.